The molecule has 0 spiro atoms. The zero-order valence-corrected chi connectivity index (χ0v) is 17.7. The summed E-state index contributed by atoms with van der Waals surface area (Å²) in [7, 11) is 0. The van der Waals surface area contributed by atoms with E-state index in [4.69, 9.17) is 20.2 Å². The minimum Gasteiger partial charge on any atom is -0.490 e. The lowest BCUT2D eigenvalue weighted by molar-refractivity contribution is 0.141. The fourth-order valence-electron chi connectivity index (χ4n) is 4.06. The van der Waals surface area contributed by atoms with E-state index in [0.717, 1.165) is 42.6 Å². The molecule has 2 aliphatic rings. The fraction of sp³-hybridized carbons (Fsp3) is 0.458. The zero-order valence-electron chi connectivity index (χ0n) is 17.7. The second kappa shape index (κ2) is 9.85. The Morgan fingerprint density at radius 2 is 1.83 bits per heavy atom. The summed E-state index contributed by atoms with van der Waals surface area (Å²) in [5, 5.41) is 3.20. The molecule has 30 heavy (non-hydrogen) atoms. The first kappa shape index (κ1) is 20.5. The first-order valence-electron chi connectivity index (χ1n) is 10.9. The Bertz CT molecular complexity index is 848. The third-order valence-electron chi connectivity index (χ3n) is 5.90. The van der Waals surface area contributed by atoms with Crippen LogP contribution < -0.4 is 20.5 Å². The predicted molar refractivity (Wildman–Crippen MR) is 121 cm³/mol. The van der Waals surface area contributed by atoms with Crippen LogP contribution in [0, 0.1) is 5.92 Å². The summed E-state index contributed by atoms with van der Waals surface area (Å²) in [4.78, 5) is 7.23. The Labute approximate surface area is 179 Å². The van der Waals surface area contributed by atoms with Crippen LogP contribution in [-0.4, -0.2) is 43.7 Å². The maximum absolute atomic E-state index is 6.24. The average molecular weight is 409 g/mol. The molecular formula is C24H32N4O2. The van der Waals surface area contributed by atoms with Gasteiger partial charge in [0.1, 0.15) is 0 Å². The molecule has 1 unspecified atom stereocenters. The smallest absolute Gasteiger partial charge is 0.193 e. The molecule has 1 atom stereocenters. The lowest BCUT2D eigenvalue weighted by Gasteiger charge is -2.36. The second-order valence-electron chi connectivity index (χ2n) is 8.21. The van der Waals surface area contributed by atoms with Crippen LogP contribution in [0.4, 0.5) is 5.69 Å². The van der Waals surface area contributed by atoms with Crippen molar-refractivity contribution < 1.29 is 9.47 Å². The van der Waals surface area contributed by atoms with Gasteiger partial charge in [-0.3, -0.25) is 9.89 Å². The number of fused-ring (bicyclic) bond motifs is 1. The molecule has 0 aromatic heterocycles. The Balaban J connectivity index is 1.45. The van der Waals surface area contributed by atoms with E-state index in [9.17, 15) is 0 Å². The minimum atomic E-state index is 0.239. The highest BCUT2D eigenvalue weighted by Crippen LogP contribution is 2.32. The summed E-state index contributed by atoms with van der Waals surface area (Å²) in [5.41, 5.74) is 8.38. The Kier molecular flexibility index (Phi) is 6.74. The number of rotatable bonds is 5. The van der Waals surface area contributed by atoms with E-state index in [0.29, 0.717) is 25.7 Å². The Morgan fingerprint density at radius 3 is 2.60 bits per heavy atom. The summed E-state index contributed by atoms with van der Waals surface area (Å²) in [5.74, 6) is 2.73. The molecule has 6 nitrogen and oxygen atoms in total. The topological polar surface area (TPSA) is 72.1 Å². The van der Waals surface area contributed by atoms with Crippen LogP contribution in [-0.2, 0) is 0 Å². The Hall–Kier alpha value is -2.73. The first-order valence-corrected chi connectivity index (χ1v) is 10.9. The Morgan fingerprint density at radius 1 is 1.10 bits per heavy atom. The van der Waals surface area contributed by atoms with Gasteiger partial charge in [-0.1, -0.05) is 37.3 Å². The molecule has 1 saturated heterocycles. The van der Waals surface area contributed by atoms with E-state index >= 15 is 0 Å². The maximum Gasteiger partial charge on any atom is 0.193 e. The van der Waals surface area contributed by atoms with Gasteiger partial charge in [-0.2, -0.15) is 0 Å². The maximum atomic E-state index is 6.24. The van der Waals surface area contributed by atoms with Gasteiger partial charge in [0.2, 0.25) is 0 Å². The number of benzene rings is 2. The van der Waals surface area contributed by atoms with Crippen LogP contribution in [0.15, 0.2) is 53.5 Å². The van der Waals surface area contributed by atoms with Crippen molar-refractivity contribution in [2.45, 2.75) is 32.2 Å². The number of anilines is 1. The summed E-state index contributed by atoms with van der Waals surface area (Å²) in [6, 6.07) is 16.6. The summed E-state index contributed by atoms with van der Waals surface area (Å²) in [6.45, 7) is 6.51. The first-order chi connectivity index (χ1) is 14.7. The van der Waals surface area contributed by atoms with Crippen molar-refractivity contribution >= 4 is 11.6 Å². The van der Waals surface area contributed by atoms with Crippen LogP contribution >= 0.6 is 0 Å². The monoisotopic (exact) mass is 408 g/mol. The lowest BCUT2D eigenvalue weighted by Crippen LogP contribution is -2.38. The van der Waals surface area contributed by atoms with Crippen LogP contribution in [0.5, 0.6) is 11.5 Å². The predicted octanol–water partition coefficient (Wildman–Crippen LogP) is 4.05. The molecule has 0 aliphatic carbocycles. The standard InChI is InChI=1S/C24H32N4O2/c1-18-10-12-28(13-11-18)21(19-6-3-2-4-7-19)17-26-24(25)27-20-8-9-22-23(16-20)30-15-5-14-29-22/h2-4,6-9,16,18,21H,5,10-15,17H2,1H3,(H3,25,26,27). The molecule has 0 radical (unpaired) electrons. The van der Waals surface area contributed by atoms with Crippen LogP contribution in [0.2, 0.25) is 0 Å². The van der Waals surface area contributed by atoms with E-state index in [-0.39, 0.29) is 6.04 Å². The quantitative estimate of drug-likeness (QED) is 0.577. The zero-order chi connectivity index (χ0) is 20.8. The van der Waals surface area contributed by atoms with Crippen molar-refractivity contribution in [1.82, 2.24) is 4.90 Å². The number of hydrogen-bond acceptors (Lipinski definition) is 4. The molecule has 0 amide bonds. The fourth-order valence-corrected chi connectivity index (χ4v) is 4.06. The summed E-state index contributed by atoms with van der Waals surface area (Å²) < 4.78 is 11.5. The van der Waals surface area contributed by atoms with Crippen LogP contribution in [0.1, 0.15) is 37.8 Å². The molecule has 0 saturated carbocycles. The van der Waals surface area contributed by atoms with Crippen molar-refractivity contribution in [1.29, 1.82) is 0 Å². The molecule has 2 aromatic carbocycles. The van der Waals surface area contributed by atoms with Gasteiger partial charge in [0.15, 0.2) is 17.5 Å². The summed E-state index contributed by atoms with van der Waals surface area (Å²) >= 11 is 0. The molecule has 2 heterocycles. The van der Waals surface area contributed by atoms with Gasteiger partial charge in [0.25, 0.3) is 0 Å². The highest BCUT2D eigenvalue weighted by molar-refractivity contribution is 5.92. The highest BCUT2D eigenvalue weighted by Gasteiger charge is 2.24. The highest BCUT2D eigenvalue weighted by atomic mass is 16.5. The number of piperidine rings is 1. The lowest BCUT2D eigenvalue weighted by atomic mass is 9.96. The number of guanidine groups is 1. The van der Waals surface area contributed by atoms with Crippen molar-refractivity contribution in [3.63, 3.8) is 0 Å². The van der Waals surface area contributed by atoms with Gasteiger partial charge < -0.3 is 20.5 Å². The van der Waals surface area contributed by atoms with Crippen LogP contribution in [0.3, 0.4) is 0 Å². The average Bonchev–Trinajstić information content (AvgIpc) is 3.01. The molecular weight excluding hydrogens is 376 g/mol. The number of aliphatic imine (C=N–C) groups is 1. The van der Waals surface area contributed by atoms with Gasteiger partial charge in [-0.05, 0) is 49.5 Å². The van der Waals surface area contributed by atoms with Crippen molar-refractivity contribution in [2.75, 3.05) is 38.2 Å². The van der Waals surface area contributed by atoms with Gasteiger partial charge in [0.05, 0.1) is 25.8 Å². The van der Waals surface area contributed by atoms with Gasteiger partial charge >= 0.3 is 0 Å². The number of nitrogens with zero attached hydrogens (tertiary/aromatic N) is 2. The number of likely N-dealkylation sites (tertiary alicyclic amines) is 1. The molecule has 3 N–H and O–H groups in total. The van der Waals surface area contributed by atoms with E-state index in [1.54, 1.807) is 0 Å². The largest absolute Gasteiger partial charge is 0.490 e. The van der Waals surface area contributed by atoms with Gasteiger partial charge in [-0.15, -0.1) is 0 Å². The minimum absolute atomic E-state index is 0.239. The SMILES string of the molecule is CC1CCN(C(CN=C(N)Nc2ccc3c(c2)OCCCO3)c2ccccc2)CC1. The third-order valence-corrected chi connectivity index (χ3v) is 5.90. The molecule has 4 rings (SSSR count). The third kappa shape index (κ3) is 5.25. The molecule has 160 valence electrons. The van der Waals surface area contributed by atoms with Gasteiger partial charge in [-0.25, -0.2) is 0 Å². The van der Waals surface area contributed by atoms with Gasteiger partial charge in [0, 0.05) is 18.2 Å². The number of nitrogens with two attached hydrogens (primary N) is 1. The summed E-state index contributed by atoms with van der Waals surface area (Å²) in [6.07, 6.45) is 3.35. The van der Waals surface area contributed by atoms with E-state index in [1.165, 1.54) is 18.4 Å². The van der Waals surface area contributed by atoms with Crippen LogP contribution in [0.25, 0.3) is 0 Å². The second-order valence-corrected chi connectivity index (χ2v) is 8.21. The van der Waals surface area contributed by atoms with Crippen molar-refractivity contribution in [3.8, 4) is 11.5 Å². The molecule has 6 heteroatoms. The normalized spacial score (nSPS) is 19.2. The number of nitrogens with one attached hydrogen (secondary N) is 1. The van der Waals surface area contributed by atoms with Crippen molar-refractivity contribution in [2.24, 2.45) is 16.6 Å². The molecule has 2 aromatic rings. The van der Waals surface area contributed by atoms with Crippen molar-refractivity contribution in [3.05, 3.63) is 54.1 Å². The number of ether oxygens (including phenoxy) is 2. The molecule has 0 bridgehead atoms. The number of hydrogen-bond donors (Lipinski definition) is 2. The van der Waals surface area contributed by atoms with E-state index in [2.05, 4.69) is 47.5 Å². The molecule has 2 aliphatic heterocycles. The van der Waals surface area contributed by atoms with E-state index < -0.39 is 0 Å². The van der Waals surface area contributed by atoms with E-state index in [1.807, 2.05) is 18.2 Å². The molecule has 1 fully saturated rings.